The Morgan fingerprint density at radius 2 is 2.15 bits per heavy atom. The summed E-state index contributed by atoms with van der Waals surface area (Å²) in [7, 11) is 0. The second-order valence-corrected chi connectivity index (χ2v) is 4.77. The molecule has 7 heteroatoms. The highest BCUT2D eigenvalue weighted by Crippen LogP contribution is 2.26. The fraction of sp³-hybridized carbons (Fsp3) is 0.385. The van der Waals surface area contributed by atoms with Gasteiger partial charge >= 0.3 is 5.97 Å². The van der Waals surface area contributed by atoms with Gasteiger partial charge in [0, 0.05) is 12.6 Å². The Hall–Kier alpha value is -2.44. The van der Waals surface area contributed by atoms with Crippen LogP contribution in [0, 0.1) is 17.0 Å². The maximum Gasteiger partial charge on any atom is 0.326 e. The molecular formula is C13H14N2O5. The Kier molecular flexibility index (Phi) is 3.69. The molecule has 0 saturated carbocycles. The van der Waals surface area contributed by atoms with Gasteiger partial charge in [0.15, 0.2) is 0 Å². The number of benzene rings is 1. The second-order valence-electron chi connectivity index (χ2n) is 4.77. The first-order valence-electron chi connectivity index (χ1n) is 6.20. The van der Waals surface area contributed by atoms with Crippen molar-refractivity contribution in [3.05, 3.63) is 39.4 Å². The molecule has 20 heavy (non-hydrogen) atoms. The lowest BCUT2D eigenvalue weighted by atomic mass is 10.1. The van der Waals surface area contributed by atoms with Gasteiger partial charge in [-0.1, -0.05) is 6.07 Å². The molecule has 0 radical (unpaired) electrons. The van der Waals surface area contributed by atoms with Crippen LogP contribution in [-0.4, -0.2) is 39.4 Å². The van der Waals surface area contributed by atoms with Crippen LogP contribution in [0.2, 0.25) is 0 Å². The molecule has 1 atom stereocenters. The minimum Gasteiger partial charge on any atom is -0.480 e. The van der Waals surface area contributed by atoms with Crippen LogP contribution in [-0.2, 0) is 4.79 Å². The molecule has 1 N–H and O–H groups in total. The van der Waals surface area contributed by atoms with Crippen molar-refractivity contribution in [3.8, 4) is 0 Å². The van der Waals surface area contributed by atoms with E-state index in [2.05, 4.69) is 0 Å². The minimum atomic E-state index is -1.08. The monoisotopic (exact) mass is 278 g/mol. The second kappa shape index (κ2) is 5.28. The largest absolute Gasteiger partial charge is 0.480 e. The normalized spacial score (nSPS) is 18.1. The van der Waals surface area contributed by atoms with Gasteiger partial charge in [0.1, 0.15) is 11.6 Å². The number of carboxylic acid groups (broad SMARTS) is 1. The summed E-state index contributed by atoms with van der Waals surface area (Å²) >= 11 is 0. The third-order valence-corrected chi connectivity index (χ3v) is 3.38. The summed E-state index contributed by atoms with van der Waals surface area (Å²) < 4.78 is 0. The topological polar surface area (TPSA) is 101 Å². The van der Waals surface area contributed by atoms with Crippen LogP contribution >= 0.6 is 0 Å². The van der Waals surface area contributed by atoms with Crippen molar-refractivity contribution in [2.24, 2.45) is 0 Å². The molecule has 7 nitrogen and oxygen atoms in total. The van der Waals surface area contributed by atoms with Crippen molar-refractivity contribution >= 4 is 17.6 Å². The summed E-state index contributed by atoms with van der Waals surface area (Å²) in [4.78, 5) is 35.1. The number of carbonyl (C=O) groups is 2. The molecule has 0 spiro atoms. The number of hydrogen-bond donors (Lipinski definition) is 1. The molecule has 106 valence electrons. The van der Waals surface area contributed by atoms with Crippen molar-refractivity contribution in [1.29, 1.82) is 0 Å². The standard InChI is InChI=1S/C13H14N2O5/c1-8-4-5-10(15(19)20)9(7-8)12(16)14-6-2-3-11(14)13(17)18/h4-5,7,11H,2-3,6H2,1H3,(H,17,18)/t11-/m0/s1. The van der Waals surface area contributed by atoms with E-state index < -0.39 is 22.8 Å². The van der Waals surface area contributed by atoms with Crippen LogP contribution < -0.4 is 0 Å². The number of nitro groups is 1. The van der Waals surface area contributed by atoms with Gasteiger partial charge in [0.2, 0.25) is 0 Å². The average molecular weight is 278 g/mol. The van der Waals surface area contributed by atoms with E-state index in [0.717, 1.165) is 0 Å². The van der Waals surface area contributed by atoms with Crippen LogP contribution in [0.15, 0.2) is 18.2 Å². The highest BCUT2D eigenvalue weighted by atomic mass is 16.6. The lowest BCUT2D eigenvalue weighted by molar-refractivity contribution is -0.385. The van der Waals surface area contributed by atoms with Gasteiger partial charge in [-0.2, -0.15) is 0 Å². The first kappa shape index (κ1) is 14.0. The summed E-state index contributed by atoms with van der Waals surface area (Å²) in [6.45, 7) is 2.03. The Bertz CT molecular complexity index is 584. The number of carbonyl (C=O) groups excluding carboxylic acids is 1. The molecule has 2 rings (SSSR count). The van der Waals surface area contributed by atoms with Gasteiger partial charge in [-0.25, -0.2) is 4.79 Å². The fourth-order valence-electron chi connectivity index (χ4n) is 2.40. The smallest absolute Gasteiger partial charge is 0.326 e. The molecule has 1 saturated heterocycles. The van der Waals surface area contributed by atoms with Crippen LogP contribution in [0.4, 0.5) is 5.69 Å². The lowest BCUT2D eigenvalue weighted by Crippen LogP contribution is -2.40. The summed E-state index contributed by atoms with van der Waals surface area (Å²) in [5, 5.41) is 20.1. The number of hydrogen-bond acceptors (Lipinski definition) is 4. The number of nitro benzene ring substituents is 1. The molecule has 1 amide bonds. The SMILES string of the molecule is Cc1ccc([N+](=O)[O-])c(C(=O)N2CCC[C@H]2C(=O)O)c1. The zero-order valence-corrected chi connectivity index (χ0v) is 10.9. The first-order valence-corrected chi connectivity index (χ1v) is 6.20. The molecule has 1 aromatic carbocycles. The molecule has 0 aliphatic carbocycles. The number of rotatable bonds is 3. The van der Waals surface area contributed by atoms with Gasteiger partial charge < -0.3 is 10.0 Å². The highest BCUT2D eigenvalue weighted by molar-refractivity contribution is 6.00. The van der Waals surface area contributed by atoms with Gasteiger partial charge in [0.05, 0.1) is 4.92 Å². The third kappa shape index (κ3) is 2.47. The van der Waals surface area contributed by atoms with Crippen molar-refractivity contribution in [1.82, 2.24) is 4.90 Å². The number of aliphatic carboxylic acids is 1. The first-order chi connectivity index (χ1) is 9.41. The van der Waals surface area contributed by atoms with E-state index in [9.17, 15) is 19.7 Å². The van der Waals surface area contributed by atoms with Crippen molar-refractivity contribution in [2.45, 2.75) is 25.8 Å². The minimum absolute atomic E-state index is 0.0526. The predicted molar refractivity (Wildman–Crippen MR) is 69.5 cm³/mol. The van der Waals surface area contributed by atoms with Crippen molar-refractivity contribution < 1.29 is 19.6 Å². The highest BCUT2D eigenvalue weighted by Gasteiger charge is 2.36. The van der Waals surface area contributed by atoms with Crippen LogP contribution in [0.25, 0.3) is 0 Å². The van der Waals surface area contributed by atoms with E-state index >= 15 is 0 Å². The molecule has 0 aromatic heterocycles. The van der Waals surface area contributed by atoms with E-state index in [4.69, 9.17) is 5.11 Å². The number of carboxylic acids is 1. The van der Waals surface area contributed by atoms with E-state index in [-0.39, 0.29) is 11.3 Å². The Morgan fingerprint density at radius 3 is 2.75 bits per heavy atom. The maximum absolute atomic E-state index is 12.4. The summed E-state index contributed by atoms with van der Waals surface area (Å²) in [5.74, 6) is -1.67. The summed E-state index contributed by atoms with van der Waals surface area (Å²) in [6, 6.07) is 3.35. The number of aryl methyl sites for hydroxylation is 1. The zero-order chi connectivity index (χ0) is 14.9. The number of likely N-dealkylation sites (tertiary alicyclic amines) is 1. The van der Waals surface area contributed by atoms with Crippen LogP contribution in [0.3, 0.4) is 0 Å². The van der Waals surface area contributed by atoms with Crippen LogP contribution in [0.5, 0.6) is 0 Å². The van der Waals surface area contributed by atoms with Gasteiger partial charge in [-0.05, 0) is 31.4 Å². The Labute approximate surface area is 115 Å². The predicted octanol–water partition coefficient (Wildman–Crippen LogP) is 1.59. The maximum atomic E-state index is 12.4. The van der Waals surface area contributed by atoms with Crippen LogP contribution in [0.1, 0.15) is 28.8 Å². The molecular weight excluding hydrogens is 264 g/mol. The third-order valence-electron chi connectivity index (χ3n) is 3.38. The molecule has 0 bridgehead atoms. The molecule has 1 aromatic rings. The zero-order valence-electron chi connectivity index (χ0n) is 10.9. The average Bonchev–Trinajstić information content (AvgIpc) is 2.86. The van der Waals surface area contributed by atoms with Gasteiger partial charge in [-0.3, -0.25) is 14.9 Å². The lowest BCUT2D eigenvalue weighted by Gasteiger charge is -2.21. The molecule has 1 fully saturated rings. The van der Waals surface area contributed by atoms with Crippen molar-refractivity contribution in [3.63, 3.8) is 0 Å². The van der Waals surface area contributed by atoms with E-state index in [0.29, 0.717) is 24.9 Å². The number of amides is 1. The number of nitrogens with zero attached hydrogens (tertiary/aromatic N) is 2. The quantitative estimate of drug-likeness (QED) is 0.668. The molecule has 1 aliphatic heterocycles. The van der Waals surface area contributed by atoms with E-state index in [1.807, 2.05) is 0 Å². The molecule has 0 unspecified atom stereocenters. The van der Waals surface area contributed by atoms with Gasteiger partial charge in [0.25, 0.3) is 11.6 Å². The Morgan fingerprint density at radius 1 is 1.45 bits per heavy atom. The summed E-state index contributed by atoms with van der Waals surface area (Å²) in [6.07, 6.45) is 0.961. The summed E-state index contributed by atoms with van der Waals surface area (Å²) in [5.41, 5.74) is 0.366. The molecule has 1 heterocycles. The van der Waals surface area contributed by atoms with E-state index in [1.165, 1.54) is 17.0 Å². The van der Waals surface area contributed by atoms with Crippen molar-refractivity contribution in [2.75, 3.05) is 6.54 Å². The van der Waals surface area contributed by atoms with E-state index in [1.54, 1.807) is 13.0 Å². The molecule has 1 aliphatic rings. The fourth-order valence-corrected chi connectivity index (χ4v) is 2.40. The van der Waals surface area contributed by atoms with Gasteiger partial charge in [-0.15, -0.1) is 0 Å². The Balaban J connectivity index is 2.40.